The number of hydrogen-bond donors (Lipinski definition) is 2. The second-order valence-electron chi connectivity index (χ2n) is 5.11. The number of amides is 1. The first-order valence-electron chi connectivity index (χ1n) is 6.23. The second kappa shape index (κ2) is 5.15. The molecule has 0 aromatic rings. The van der Waals surface area contributed by atoms with E-state index in [1.807, 2.05) is 0 Å². The molecule has 4 nitrogen and oxygen atoms in total. The molecule has 1 aliphatic carbocycles. The molecule has 2 aliphatic rings. The fourth-order valence-corrected chi connectivity index (χ4v) is 2.11. The third-order valence-corrected chi connectivity index (χ3v) is 3.67. The van der Waals surface area contributed by atoms with Crippen LogP contribution in [0.25, 0.3) is 0 Å². The number of aliphatic hydroxyl groups excluding tert-OH is 1. The van der Waals surface area contributed by atoms with Crippen LogP contribution in [0.1, 0.15) is 38.5 Å². The Hall–Kier alpha value is -0.610. The van der Waals surface area contributed by atoms with Gasteiger partial charge >= 0.3 is 0 Å². The quantitative estimate of drug-likeness (QED) is 0.706. The number of nitrogens with one attached hydrogen (secondary N) is 1. The smallest absolute Gasteiger partial charge is 0.220 e. The maximum atomic E-state index is 11.5. The summed E-state index contributed by atoms with van der Waals surface area (Å²) in [5.41, 5.74) is 0.0134. The van der Waals surface area contributed by atoms with Gasteiger partial charge in [-0.3, -0.25) is 4.79 Å². The molecule has 1 heterocycles. The number of aliphatic hydroxyl groups is 1. The summed E-state index contributed by atoms with van der Waals surface area (Å²) < 4.78 is 5.46. The van der Waals surface area contributed by atoms with Gasteiger partial charge in [-0.2, -0.15) is 0 Å². The number of hydrogen-bond acceptors (Lipinski definition) is 3. The maximum Gasteiger partial charge on any atom is 0.220 e. The highest BCUT2D eigenvalue weighted by atomic mass is 16.5. The van der Waals surface area contributed by atoms with Crippen LogP contribution >= 0.6 is 0 Å². The average molecular weight is 227 g/mol. The van der Waals surface area contributed by atoms with Crippen LogP contribution in [0.15, 0.2) is 0 Å². The lowest BCUT2D eigenvalue weighted by Gasteiger charge is -2.13. The van der Waals surface area contributed by atoms with Crippen LogP contribution in [-0.2, 0) is 9.53 Å². The molecule has 0 aromatic heterocycles. The van der Waals surface area contributed by atoms with E-state index in [1.54, 1.807) is 0 Å². The molecule has 1 atom stereocenters. The fourth-order valence-electron chi connectivity index (χ4n) is 2.11. The van der Waals surface area contributed by atoms with Gasteiger partial charge in [0.05, 0.1) is 12.7 Å². The standard InChI is InChI=1S/C12H21NO3/c14-9-12(5-6-12)8-13-11(15)4-3-10-2-1-7-16-10/h10,14H,1-9H2,(H,13,15). The van der Waals surface area contributed by atoms with Crippen molar-refractivity contribution in [2.24, 2.45) is 5.41 Å². The van der Waals surface area contributed by atoms with Crippen molar-refractivity contribution in [2.75, 3.05) is 19.8 Å². The molecule has 1 saturated heterocycles. The molecule has 0 radical (unpaired) electrons. The highest BCUT2D eigenvalue weighted by molar-refractivity contribution is 5.75. The van der Waals surface area contributed by atoms with Gasteiger partial charge in [0.1, 0.15) is 0 Å². The van der Waals surface area contributed by atoms with Crippen molar-refractivity contribution in [2.45, 2.75) is 44.6 Å². The lowest BCUT2D eigenvalue weighted by atomic mass is 10.1. The van der Waals surface area contributed by atoms with Crippen LogP contribution in [0, 0.1) is 5.41 Å². The van der Waals surface area contributed by atoms with Crippen molar-refractivity contribution in [3.8, 4) is 0 Å². The van der Waals surface area contributed by atoms with Gasteiger partial charge in [-0.05, 0) is 32.1 Å². The monoisotopic (exact) mass is 227 g/mol. The van der Waals surface area contributed by atoms with E-state index in [4.69, 9.17) is 9.84 Å². The molecule has 1 amide bonds. The molecule has 0 spiro atoms. The van der Waals surface area contributed by atoms with Crippen LogP contribution < -0.4 is 5.32 Å². The van der Waals surface area contributed by atoms with Crippen LogP contribution in [0.2, 0.25) is 0 Å². The Morgan fingerprint density at radius 1 is 1.50 bits per heavy atom. The Labute approximate surface area is 96.4 Å². The highest BCUT2D eigenvalue weighted by Gasteiger charge is 2.41. The summed E-state index contributed by atoms with van der Waals surface area (Å²) in [6, 6.07) is 0. The van der Waals surface area contributed by atoms with Crippen molar-refractivity contribution in [1.82, 2.24) is 5.32 Å². The summed E-state index contributed by atoms with van der Waals surface area (Å²) in [7, 11) is 0. The molecule has 0 bridgehead atoms. The summed E-state index contributed by atoms with van der Waals surface area (Å²) in [5, 5.41) is 12.0. The van der Waals surface area contributed by atoms with Crippen LogP contribution in [-0.4, -0.2) is 36.9 Å². The second-order valence-corrected chi connectivity index (χ2v) is 5.11. The SMILES string of the molecule is O=C(CCC1CCCO1)NCC1(CO)CC1. The van der Waals surface area contributed by atoms with Gasteiger partial charge in [-0.1, -0.05) is 0 Å². The number of ether oxygens (including phenoxy) is 1. The Morgan fingerprint density at radius 2 is 2.31 bits per heavy atom. The predicted octanol–water partition coefficient (Wildman–Crippen LogP) is 0.834. The van der Waals surface area contributed by atoms with Crippen molar-refractivity contribution >= 4 is 5.91 Å². The predicted molar refractivity (Wildman–Crippen MR) is 60.0 cm³/mol. The fraction of sp³-hybridized carbons (Fsp3) is 0.917. The Bertz CT molecular complexity index is 245. The lowest BCUT2D eigenvalue weighted by Crippen LogP contribution is -2.32. The topological polar surface area (TPSA) is 58.6 Å². The molecule has 16 heavy (non-hydrogen) atoms. The minimum atomic E-state index is 0.0134. The van der Waals surface area contributed by atoms with Crippen molar-refractivity contribution in [3.05, 3.63) is 0 Å². The Morgan fingerprint density at radius 3 is 2.88 bits per heavy atom. The zero-order valence-electron chi connectivity index (χ0n) is 9.71. The number of carbonyl (C=O) groups is 1. The van der Waals surface area contributed by atoms with Crippen LogP contribution in [0.3, 0.4) is 0 Å². The molecule has 2 fully saturated rings. The van der Waals surface area contributed by atoms with E-state index < -0.39 is 0 Å². The van der Waals surface area contributed by atoms with E-state index in [9.17, 15) is 4.79 Å². The third-order valence-electron chi connectivity index (χ3n) is 3.67. The van der Waals surface area contributed by atoms with Gasteiger partial charge in [0.2, 0.25) is 5.91 Å². The van der Waals surface area contributed by atoms with E-state index in [0.717, 1.165) is 38.7 Å². The average Bonchev–Trinajstić information content (AvgIpc) is 2.90. The molecular weight excluding hydrogens is 206 g/mol. The molecular formula is C12H21NO3. The van der Waals surface area contributed by atoms with Gasteiger partial charge < -0.3 is 15.2 Å². The Kier molecular flexibility index (Phi) is 3.82. The molecule has 1 aliphatic heterocycles. The van der Waals surface area contributed by atoms with Gasteiger partial charge in [0, 0.05) is 25.0 Å². The first-order chi connectivity index (χ1) is 7.74. The normalized spacial score (nSPS) is 26.7. The summed E-state index contributed by atoms with van der Waals surface area (Å²) in [4.78, 5) is 11.5. The molecule has 4 heteroatoms. The largest absolute Gasteiger partial charge is 0.396 e. The molecule has 1 saturated carbocycles. The van der Waals surface area contributed by atoms with Crippen LogP contribution in [0.4, 0.5) is 0 Å². The zero-order valence-corrected chi connectivity index (χ0v) is 9.71. The van der Waals surface area contributed by atoms with E-state index in [-0.39, 0.29) is 17.9 Å². The van der Waals surface area contributed by atoms with Gasteiger partial charge in [-0.25, -0.2) is 0 Å². The van der Waals surface area contributed by atoms with E-state index in [0.29, 0.717) is 19.1 Å². The minimum absolute atomic E-state index is 0.0134. The lowest BCUT2D eigenvalue weighted by molar-refractivity contribution is -0.122. The summed E-state index contributed by atoms with van der Waals surface area (Å²) in [5.74, 6) is 0.0928. The minimum Gasteiger partial charge on any atom is -0.396 e. The summed E-state index contributed by atoms with van der Waals surface area (Å²) >= 11 is 0. The summed E-state index contributed by atoms with van der Waals surface area (Å²) in [6.45, 7) is 1.67. The van der Waals surface area contributed by atoms with Crippen LogP contribution in [0.5, 0.6) is 0 Å². The van der Waals surface area contributed by atoms with Gasteiger partial charge in [0.15, 0.2) is 0 Å². The Balaban J connectivity index is 1.57. The zero-order chi connectivity index (χ0) is 11.4. The van der Waals surface area contributed by atoms with Gasteiger partial charge in [-0.15, -0.1) is 0 Å². The molecule has 92 valence electrons. The number of rotatable bonds is 6. The summed E-state index contributed by atoms with van der Waals surface area (Å²) in [6.07, 6.45) is 5.96. The number of carbonyl (C=O) groups excluding carboxylic acids is 1. The van der Waals surface area contributed by atoms with E-state index in [1.165, 1.54) is 0 Å². The van der Waals surface area contributed by atoms with Crippen molar-refractivity contribution < 1.29 is 14.6 Å². The van der Waals surface area contributed by atoms with Crippen molar-refractivity contribution in [1.29, 1.82) is 0 Å². The third kappa shape index (κ3) is 3.19. The first kappa shape index (κ1) is 11.9. The van der Waals surface area contributed by atoms with Gasteiger partial charge in [0.25, 0.3) is 0 Å². The molecule has 2 N–H and O–H groups in total. The molecule has 0 aromatic carbocycles. The highest BCUT2D eigenvalue weighted by Crippen LogP contribution is 2.44. The van der Waals surface area contributed by atoms with E-state index >= 15 is 0 Å². The molecule has 1 unspecified atom stereocenters. The maximum absolute atomic E-state index is 11.5. The van der Waals surface area contributed by atoms with E-state index in [2.05, 4.69) is 5.32 Å². The van der Waals surface area contributed by atoms with Crippen molar-refractivity contribution in [3.63, 3.8) is 0 Å². The first-order valence-corrected chi connectivity index (χ1v) is 6.23. The molecule has 2 rings (SSSR count).